The van der Waals surface area contributed by atoms with E-state index in [0.717, 1.165) is 10.9 Å². The molecule has 17 heavy (non-hydrogen) atoms. The molecule has 1 amide bonds. The van der Waals surface area contributed by atoms with E-state index in [-0.39, 0.29) is 17.0 Å². The second kappa shape index (κ2) is 6.33. The molecule has 0 aliphatic carbocycles. The molecule has 0 radical (unpaired) electrons. The van der Waals surface area contributed by atoms with Crippen LogP contribution in [0.5, 0.6) is 0 Å². The lowest BCUT2D eigenvalue weighted by Gasteiger charge is -2.18. The molecule has 0 fully saturated rings. The summed E-state index contributed by atoms with van der Waals surface area (Å²) in [6.45, 7) is 3.93. The van der Waals surface area contributed by atoms with E-state index in [1.165, 1.54) is 0 Å². The maximum Gasteiger partial charge on any atom is 0.241 e. The number of carbonyl (C=O) groups is 1. The van der Waals surface area contributed by atoms with Crippen molar-refractivity contribution in [3.8, 4) is 0 Å². The number of aromatic nitrogens is 1. The van der Waals surface area contributed by atoms with Gasteiger partial charge >= 0.3 is 0 Å². The number of hydrogen-bond donors (Lipinski definition) is 2. The van der Waals surface area contributed by atoms with Gasteiger partial charge in [-0.3, -0.25) is 4.79 Å². The van der Waals surface area contributed by atoms with Gasteiger partial charge < -0.3 is 11.1 Å². The van der Waals surface area contributed by atoms with E-state index in [1.807, 2.05) is 13.8 Å². The van der Waals surface area contributed by atoms with Crippen molar-refractivity contribution in [3.63, 3.8) is 0 Å². The lowest BCUT2D eigenvalue weighted by molar-refractivity contribution is -0.118. The molecule has 1 aromatic heterocycles. The van der Waals surface area contributed by atoms with Crippen LogP contribution in [0.3, 0.4) is 0 Å². The van der Waals surface area contributed by atoms with Gasteiger partial charge in [-0.05, 0) is 27.9 Å². The molecule has 0 saturated heterocycles. The Balaban J connectivity index is 2.77. The van der Waals surface area contributed by atoms with E-state index < -0.39 is 6.04 Å². The molecule has 2 unspecified atom stereocenters. The first-order valence-corrected chi connectivity index (χ1v) is 6.50. The van der Waals surface area contributed by atoms with Gasteiger partial charge in [-0.1, -0.05) is 31.9 Å². The molecule has 3 N–H and O–H groups in total. The monoisotopic (exact) mass is 319 g/mol. The van der Waals surface area contributed by atoms with Crippen LogP contribution in [0.2, 0.25) is 5.15 Å². The summed E-state index contributed by atoms with van der Waals surface area (Å²) in [5, 5.41) is 2.93. The van der Waals surface area contributed by atoms with Crippen LogP contribution in [0, 0.1) is 5.92 Å². The number of nitrogens with one attached hydrogen (secondary N) is 1. The summed E-state index contributed by atoms with van der Waals surface area (Å²) in [7, 11) is 0. The number of carbonyl (C=O) groups excluding carboxylic acids is 1. The molecule has 0 aromatic carbocycles. The highest BCUT2D eigenvalue weighted by Gasteiger charge is 2.20. The third kappa shape index (κ3) is 3.94. The predicted molar refractivity (Wildman–Crippen MR) is 73.0 cm³/mol. The first kappa shape index (κ1) is 14.4. The minimum absolute atomic E-state index is 0.119. The zero-order valence-corrected chi connectivity index (χ0v) is 12.0. The zero-order valence-electron chi connectivity index (χ0n) is 9.71. The fraction of sp³-hybridized carbons (Fsp3) is 0.455. The Bertz CT molecular complexity index is 414. The fourth-order valence-corrected chi connectivity index (χ4v) is 1.72. The van der Waals surface area contributed by atoms with Gasteiger partial charge in [0.1, 0.15) is 0 Å². The molecule has 6 heteroatoms. The summed E-state index contributed by atoms with van der Waals surface area (Å²) in [6, 6.07) is 1.14. The van der Waals surface area contributed by atoms with Crippen LogP contribution in [0.1, 0.15) is 20.3 Å². The predicted octanol–water partition coefficient (Wildman–Crippen LogP) is 2.81. The first-order chi connectivity index (χ1) is 7.95. The molecule has 1 aromatic rings. The van der Waals surface area contributed by atoms with Crippen LogP contribution in [0.4, 0.5) is 5.69 Å². The maximum atomic E-state index is 11.8. The molecule has 1 rings (SSSR count). The summed E-state index contributed by atoms with van der Waals surface area (Å²) in [5.74, 6) is -0.130. The van der Waals surface area contributed by atoms with Crippen molar-refractivity contribution in [2.24, 2.45) is 11.7 Å². The van der Waals surface area contributed by atoms with E-state index in [0.29, 0.717) is 5.69 Å². The van der Waals surface area contributed by atoms with E-state index in [9.17, 15) is 4.79 Å². The van der Waals surface area contributed by atoms with Gasteiger partial charge in [0.15, 0.2) is 5.15 Å². The van der Waals surface area contributed by atoms with Crippen LogP contribution in [0.25, 0.3) is 0 Å². The van der Waals surface area contributed by atoms with Crippen LogP contribution in [-0.2, 0) is 4.79 Å². The standard InChI is InChI=1S/C11H15BrClN3O/c1-3-6(2)9(14)11(17)16-8-4-7(12)5-15-10(8)13/h4-6,9H,3,14H2,1-2H3,(H,16,17). The summed E-state index contributed by atoms with van der Waals surface area (Å²) >= 11 is 9.13. The SMILES string of the molecule is CCC(C)C(N)C(=O)Nc1cc(Br)cnc1Cl. The smallest absolute Gasteiger partial charge is 0.241 e. The van der Waals surface area contributed by atoms with Gasteiger partial charge in [0.25, 0.3) is 0 Å². The average Bonchev–Trinajstić information content (AvgIpc) is 2.31. The number of nitrogens with two attached hydrogens (primary N) is 1. The zero-order chi connectivity index (χ0) is 13.0. The first-order valence-electron chi connectivity index (χ1n) is 5.33. The van der Waals surface area contributed by atoms with Gasteiger partial charge in [0.05, 0.1) is 11.7 Å². The second-order valence-corrected chi connectivity index (χ2v) is 5.17. The molecule has 4 nitrogen and oxygen atoms in total. The Morgan fingerprint density at radius 2 is 2.35 bits per heavy atom. The fourth-order valence-electron chi connectivity index (χ4n) is 1.24. The molecule has 0 aliphatic rings. The van der Waals surface area contributed by atoms with Crippen molar-refractivity contribution in [2.45, 2.75) is 26.3 Å². The van der Waals surface area contributed by atoms with Crippen molar-refractivity contribution in [1.82, 2.24) is 4.98 Å². The molecular weight excluding hydrogens is 305 g/mol. The maximum absolute atomic E-state index is 11.8. The number of anilines is 1. The van der Waals surface area contributed by atoms with Crippen molar-refractivity contribution < 1.29 is 4.79 Å². The lowest BCUT2D eigenvalue weighted by Crippen LogP contribution is -2.40. The molecule has 94 valence electrons. The highest BCUT2D eigenvalue weighted by molar-refractivity contribution is 9.10. The molecule has 0 saturated carbocycles. The van der Waals surface area contributed by atoms with Gasteiger partial charge in [0.2, 0.25) is 5.91 Å². The number of rotatable bonds is 4. The third-order valence-corrected chi connectivity index (χ3v) is 3.36. The minimum Gasteiger partial charge on any atom is -0.322 e. The van der Waals surface area contributed by atoms with Crippen LogP contribution in [-0.4, -0.2) is 16.9 Å². The molecule has 0 aliphatic heterocycles. The number of hydrogen-bond acceptors (Lipinski definition) is 3. The van der Waals surface area contributed by atoms with Crippen molar-refractivity contribution in [2.75, 3.05) is 5.32 Å². The highest BCUT2D eigenvalue weighted by atomic mass is 79.9. The van der Waals surface area contributed by atoms with E-state index >= 15 is 0 Å². The Morgan fingerprint density at radius 3 is 2.94 bits per heavy atom. The molecule has 0 spiro atoms. The Hall–Kier alpha value is -0.650. The Labute approximate surface area is 114 Å². The number of pyridine rings is 1. The van der Waals surface area contributed by atoms with Gasteiger partial charge in [-0.15, -0.1) is 0 Å². The summed E-state index contributed by atoms with van der Waals surface area (Å²) < 4.78 is 0.745. The summed E-state index contributed by atoms with van der Waals surface area (Å²) in [5.41, 5.74) is 6.28. The summed E-state index contributed by atoms with van der Waals surface area (Å²) in [6.07, 6.45) is 2.41. The van der Waals surface area contributed by atoms with Crippen LogP contribution in [0.15, 0.2) is 16.7 Å². The van der Waals surface area contributed by atoms with Gasteiger partial charge in [-0.2, -0.15) is 0 Å². The average molecular weight is 321 g/mol. The van der Waals surface area contributed by atoms with Crippen LogP contribution >= 0.6 is 27.5 Å². The third-order valence-electron chi connectivity index (χ3n) is 2.62. The Kier molecular flexibility index (Phi) is 5.36. The molecule has 2 atom stereocenters. The van der Waals surface area contributed by atoms with E-state index in [1.54, 1.807) is 12.3 Å². The Morgan fingerprint density at radius 1 is 1.71 bits per heavy atom. The number of halogens is 2. The van der Waals surface area contributed by atoms with Gasteiger partial charge in [-0.25, -0.2) is 4.98 Å². The van der Waals surface area contributed by atoms with Crippen LogP contribution < -0.4 is 11.1 Å². The van der Waals surface area contributed by atoms with Gasteiger partial charge in [0, 0.05) is 10.7 Å². The van der Waals surface area contributed by atoms with Crippen molar-refractivity contribution in [3.05, 3.63) is 21.9 Å². The highest BCUT2D eigenvalue weighted by Crippen LogP contribution is 2.23. The lowest BCUT2D eigenvalue weighted by atomic mass is 9.99. The van der Waals surface area contributed by atoms with E-state index in [2.05, 4.69) is 26.2 Å². The molecule has 0 bridgehead atoms. The van der Waals surface area contributed by atoms with E-state index in [4.69, 9.17) is 17.3 Å². The summed E-state index contributed by atoms with van der Waals surface area (Å²) in [4.78, 5) is 15.8. The minimum atomic E-state index is -0.546. The molecule has 1 heterocycles. The molecular formula is C11H15BrClN3O. The van der Waals surface area contributed by atoms with Crippen molar-refractivity contribution in [1.29, 1.82) is 0 Å². The topological polar surface area (TPSA) is 68.0 Å². The van der Waals surface area contributed by atoms with Crippen molar-refractivity contribution >= 4 is 39.1 Å². The number of amides is 1. The second-order valence-electron chi connectivity index (χ2n) is 3.89. The number of nitrogens with zero attached hydrogens (tertiary/aromatic N) is 1. The quantitative estimate of drug-likeness (QED) is 0.838. The largest absolute Gasteiger partial charge is 0.322 e. The normalized spacial score (nSPS) is 14.2.